The van der Waals surface area contributed by atoms with Gasteiger partial charge in [-0.2, -0.15) is 0 Å². The fourth-order valence-corrected chi connectivity index (χ4v) is 3.66. The zero-order chi connectivity index (χ0) is 11.1. The molecular weight excluding hydrogens is 186 g/mol. The van der Waals surface area contributed by atoms with Crippen molar-refractivity contribution < 1.29 is 4.74 Å². The second-order valence-electron chi connectivity index (χ2n) is 5.72. The molecule has 88 valence electrons. The highest BCUT2D eigenvalue weighted by atomic mass is 16.5. The third-order valence-corrected chi connectivity index (χ3v) is 4.23. The Morgan fingerprint density at radius 2 is 2.00 bits per heavy atom. The molecular formula is C13H25NO. The molecule has 1 aliphatic heterocycles. The normalized spacial score (nSPS) is 37.6. The molecule has 1 heterocycles. The van der Waals surface area contributed by atoms with E-state index in [1.165, 1.54) is 19.3 Å². The molecule has 2 fully saturated rings. The van der Waals surface area contributed by atoms with Gasteiger partial charge in [0.05, 0.1) is 6.61 Å². The largest absolute Gasteiger partial charge is 0.359 e. The maximum absolute atomic E-state index is 6.18. The van der Waals surface area contributed by atoms with Crippen LogP contribution in [0.5, 0.6) is 0 Å². The van der Waals surface area contributed by atoms with E-state index in [2.05, 4.69) is 32.6 Å². The van der Waals surface area contributed by atoms with Crippen molar-refractivity contribution in [1.82, 2.24) is 4.90 Å². The zero-order valence-corrected chi connectivity index (χ0v) is 10.6. The lowest BCUT2D eigenvalue weighted by Crippen LogP contribution is -2.52. The Bertz CT molecular complexity index is 201. The number of hydrogen-bond acceptors (Lipinski definition) is 2. The summed E-state index contributed by atoms with van der Waals surface area (Å²) in [6, 6.07) is 0.617. The van der Waals surface area contributed by atoms with Gasteiger partial charge < -0.3 is 4.74 Å². The molecule has 2 rings (SSSR count). The topological polar surface area (TPSA) is 12.5 Å². The predicted molar refractivity (Wildman–Crippen MR) is 62.7 cm³/mol. The van der Waals surface area contributed by atoms with Gasteiger partial charge in [0.15, 0.2) is 0 Å². The van der Waals surface area contributed by atoms with Gasteiger partial charge in [0.25, 0.3) is 0 Å². The molecule has 0 aromatic heterocycles. The smallest absolute Gasteiger partial charge is 0.125 e. The second-order valence-corrected chi connectivity index (χ2v) is 5.72. The third kappa shape index (κ3) is 1.72. The van der Waals surface area contributed by atoms with Crippen LogP contribution in [0.1, 0.15) is 47.0 Å². The van der Waals surface area contributed by atoms with Gasteiger partial charge in [-0.15, -0.1) is 0 Å². The first-order valence-electron chi connectivity index (χ1n) is 6.48. The molecule has 15 heavy (non-hydrogen) atoms. The van der Waals surface area contributed by atoms with E-state index in [1.807, 2.05) is 0 Å². The van der Waals surface area contributed by atoms with Crippen molar-refractivity contribution >= 4 is 0 Å². The molecule has 0 aromatic rings. The third-order valence-electron chi connectivity index (χ3n) is 4.23. The Labute approximate surface area is 94.0 Å². The molecule has 0 amide bonds. The van der Waals surface area contributed by atoms with E-state index in [9.17, 15) is 0 Å². The summed E-state index contributed by atoms with van der Waals surface area (Å²) in [4.78, 5) is 2.60. The molecule has 1 spiro atoms. The lowest BCUT2D eigenvalue weighted by Gasteiger charge is -2.42. The first kappa shape index (κ1) is 11.4. The average Bonchev–Trinajstić information content (AvgIpc) is 2.74. The Hall–Kier alpha value is -0.0800. The minimum atomic E-state index is 0.0995. The molecule has 0 unspecified atom stereocenters. The number of rotatable bonds is 2. The van der Waals surface area contributed by atoms with Crippen LogP contribution in [0.4, 0.5) is 0 Å². The van der Waals surface area contributed by atoms with E-state index in [0.29, 0.717) is 6.04 Å². The highest BCUT2D eigenvalue weighted by Gasteiger charge is 2.52. The predicted octanol–water partition coefficient (Wildman–Crippen LogP) is 2.88. The summed E-state index contributed by atoms with van der Waals surface area (Å²) in [6.07, 6.45) is 3.93. The first-order valence-corrected chi connectivity index (χ1v) is 6.48. The molecule has 0 N–H and O–H groups in total. The van der Waals surface area contributed by atoms with Gasteiger partial charge in [-0.05, 0) is 39.0 Å². The van der Waals surface area contributed by atoms with Gasteiger partial charge in [0, 0.05) is 18.5 Å². The van der Waals surface area contributed by atoms with Gasteiger partial charge in [-0.3, -0.25) is 4.90 Å². The summed E-state index contributed by atoms with van der Waals surface area (Å²) in [5, 5.41) is 0. The van der Waals surface area contributed by atoms with E-state index in [1.54, 1.807) is 0 Å². The molecule has 0 aromatic carbocycles. The molecule has 2 atom stereocenters. The van der Waals surface area contributed by atoms with Crippen molar-refractivity contribution in [2.45, 2.75) is 58.7 Å². The van der Waals surface area contributed by atoms with Crippen molar-refractivity contribution in [2.24, 2.45) is 11.8 Å². The van der Waals surface area contributed by atoms with Crippen LogP contribution < -0.4 is 0 Å². The van der Waals surface area contributed by atoms with Crippen LogP contribution in [0.3, 0.4) is 0 Å². The highest BCUT2D eigenvalue weighted by molar-refractivity contribution is 4.99. The average molecular weight is 211 g/mol. The summed E-state index contributed by atoms with van der Waals surface area (Å²) in [7, 11) is 0. The van der Waals surface area contributed by atoms with E-state index < -0.39 is 0 Å². The molecule has 1 aliphatic carbocycles. The number of nitrogens with zero attached hydrogens (tertiary/aromatic N) is 1. The van der Waals surface area contributed by atoms with Crippen molar-refractivity contribution in [2.75, 3.05) is 13.2 Å². The highest BCUT2D eigenvalue weighted by Crippen LogP contribution is 2.47. The summed E-state index contributed by atoms with van der Waals surface area (Å²) < 4.78 is 6.18. The molecule has 1 saturated carbocycles. The molecule has 2 nitrogen and oxygen atoms in total. The Kier molecular flexibility index (Phi) is 3.09. The van der Waals surface area contributed by atoms with Gasteiger partial charge in [0.1, 0.15) is 5.72 Å². The lowest BCUT2D eigenvalue weighted by atomic mass is 9.86. The molecule has 1 saturated heterocycles. The summed E-state index contributed by atoms with van der Waals surface area (Å²) >= 11 is 0. The van der Waals surface area contributed by atoms with Crippen LogP contribution in [0.2, 0.25) is 0 Å². The van der Waals surface area contributed by atoms with Gasteiger partial charge >= 0.3 is 0 Å². The Balaban J connectivity index is 2.23. The fourth-order valence-electron chi connectivity index (χ4n) is 3.66. The number of ether oxygens (including phenoxy) is 1. The van der Waals surface area contributed by atoms with E-state index in [0.717, 1.165) is 25.0 Å². The molecule has 0 radical (unpaired) electrons. The molecule has 2 aliphatic rings. The van der Waals surface area contributed by atoms with Crippen LogP contribution in [0, 0.1) is 11.8 Å². The van der Waals surface area contributed by atoms with Crippen LogP contribution in [-0.4, -0.2) is 29.8 Å². The standard InChI is InChI=1S/C13H25NO/c1-10(2)12-6-5-7-13(12)14(11(3)4)8-9-15-13/h10-12H,5-9H2,1-4H3/t12-,13+/m0/s1. The van der Waals surface area contributed by atoms with Crippen LogP contribution >= 0.6 is 0 Å². The zero-order valence-electron chi connectivity index (χ0n) is 10.6. The van der Waals surface area contributed by atoms with Crippen molar-refractivity contribution in [3.63, 3.8) is 0 Å². The summed E-state index contributed by atoms with van der Waals surface area (Å²) in [5.74, 6) is 1.48. The van der Waals surface area contributed by atoms with E-state index in [-0.39, 0.29) is 5.72 Å². The number of hydrogen-bond donors (Lipinski definition) is 0. The van der Waals surface area contributed by atoms with Crippen LogP contribution in [0.15, 0.2) is 0 Å². The van der Waals surface area contributed by atoms with E-state index in [4.69, 9.17) is 4.74 Å². The summed E-state index contributed by atoms with van der Waals surface area (Å²) in [5.41, 5.74) is 0.0995. The minimum Gasteiger partial charge on any atom is -0.359 e. The minimum absolute atomic E-state index is 0.0995. The van der Waals surface area contributed by atoms with Gasteiger partial charge in [-0.1, -0.05) is 13.8 Å². The summed E-state index contributed by atoms with van der Waals surface area (Å²) in [6.45, 7) is 11.3. The van der Waals surface area contributed by atoms with Crippen molar-refractivity contribution in [3.05, 3.63) is 0 Å². The van der Waals surface area contributed by atoms with Crippen LogP contribution in [-0.2, 0) is 4.74 Å². The first-order chi connectivity index (χ1) is 7.08. The maximum atomic E-state index is 6.18. The molecule has 0 bridgehead atoms. The van der Waals surface area contributed by atoms with E-state index >= 15 is 0 Å². The van der Waals surface area contributed by atoms with Crippen molar-refractivity contribution in [3.8, 4) is 0 Å². The van der Waals surface area contributed by atoms with Gasteiger partial charge in [0.2, 0.25) is 0 Å². The Morgan fingerprint density at radius 3 is 2.60 bits per heavy atom. The Morgan fingerprint density at radius 1 is 1.27 bits per heavy atom. The van der Waals surface area contributed by atoms with Gasteiger partial charge in [-0.25, -0.2) is 0 Å². The van der Waals surface area contributed by atoms with Crippen molar-refractivity contribution in [1.29, 1.82) is 0 Å². The quantitative estimate of drug-likeness (QED) is 0.696. The monoisotopic (exact) mass is 211 g/mol. The SMILES string of the molecule is CC(C)[C@@H]1CCC[C@@]12OCCN2C(C)C. The molecule has 2 heteroatoms. The lowest BCUT2D eigenvalue weighted by molar-refractivity contribution is -0.131. The second kappa shape index (κ2) is 4.06. The van der Waals surface area contributed by atoms with Crippen LogP contribution in [0.25, 0.3) is 0 Å². The fraction of sp³-hybridized carbons (Fsp3) is 1.00. The maximum Gasteiger partial charge on any atom is 0.125 e.